The fourth-order valence-corrected chi connectivity index (χ4v) is 2.20. The van der Waals surface area contributed by atoms with E-state index in [4.69, 9.17) is 0 Å². The van der Waals surface area contributed by atoms with Crippen molar-refractivity contribution in [3.63, 3.8) is 0 Å². The van der Waals surface area contributed by atoms with Crippen LogP contribution in [0.3, 0.4) is 0 Å². The highest BCUT2D eigenvalue weighted by Crippen LogP contribution is 2.30. The van der Waals surface area contributed by atoms with E-state index in [1.807, 2.05) is 0 Å². The number of nitrogens with zero attached hydrogens (tertiary/aromatic N) is 2. The molecule has 86 valence electrons. The van der Waals surface area contributed by atoms with Gasteiger partial charge in [-0.05, 0) is 13.8 Å². The lowest BCUT2D eigenvalue weighted by Crippen LogP contribution is -2.23. The minimum absolute atomic E-state index is 0.341. The quantitative estimate of drug-likeness (QED) is 0.870. The van der Waals surface area contributed by atoms with Crippen LogP contribution >= 0.6 is 11.3 Å². The van der Waals surface area contributed by atoms with Crippen LogP contribution in [0.25, 0.3) is 0 Å². The molecule has 1 aromatic heterocycles. The average molecular weight is 236 g/mol. The Morgan fingerprint density at radius 1 is 1.53 bits per heavy atom. The average Bonchev–Trinajstić information content (AvgIpc) is 2.46. The largest absolute Gasteiger partial charge is 0.388 e. The Kier molecular flexibility index (Phi) is 3.98. The maximum absolute atomic E-state index is 12.1. The van der Waals surface area contributed by atoms with E-state index in [1.54, 1.807) is 20.9 Å². The van der Waals surface area contributed by atoms with E-state index < -0.39 is 12.5 Å². The van der Waals surface area contributed by atoms with Crippen LogP contribution in [0.2, 0.25) is 0 Å². The summed E-state index contributed by atoms with van der Waals surface area (Å²) in [5.41, 5.74) is 0.700. The number of anilines is 1. The highest BCUT2D eigenvalue weighted by molar-refractivity contribution is 7.15. The molecule has 0 aliphatic heterocycles. The third kappa shape index (κ3) is 3.10. The van der Waals surface area contributed by atoms with E-state index in [-0.39, 0.29) is 6.54 Å². The standard InChI is InChI=1S/C9H14F2N2OS/c1-5-8(6(2)14)15-9(12-5)13(3)4-7(10)11/h6-7,14H,4H2,1-3H3. The molecule has 0 fully saturated rings. The van der Waals surface area contributed by atoms with E-state index in [9.17, 15) is 13.9 Å². The normalized spacial score (nSPS) is 13.3. The Hall–Kier alpha value is -0.750. The van der Waals surface area contributed by atoms with Gasteiger partial charge in [-0.25, -0.2) is 13.8 Å². The Morgan fingerprint density at radius 2 is 2.13 bits per heavy atom. The minimum Gasteiger partial charge on any atom is -0.388 e. The summed E-state index contributed by atoms with van der Waals surface area (Å²) in [6.45, 7) is 3.06. The summed E-state index contributed by atoms with van der Waals surface area (Å²) in [5.74, 6) is 0. The molecule has 0 aliphatic carbocycles. The molecule has 1 aromatic rings. The van der Waals surface area contributed by atoms with Gasteiger partial charge < -0.3 is 10.0 Å². The summed E-state index contributed by atoms with van der Waals surface area (Å²) in [4.78, 5) is 6.26. The molecule has 0 aliphatic rings. The highest BCUT2D eigenvalue weighted by atomic mass is 32.1. The Bertz CT molecular complexity index is 328. The lowest BCUT2D eigenvalue weighted by atomic mass is 10.3. The maximum Gasteiger partial charge on any atom is 0.255 e. The number of thiazole rings is 1. The summed E-state index contributed by atoms with van der Waals surface area (Å²) in [6.07, 6.45) is -2.98. The Labute approximate surface area is 91.4 Å². The van der Waals surface area contributed by atoms with Crippen molar-refractivity contribution in [3.8, 4) is 0 Å². The minimum atomic E-state index is -2.38. The lowest BCUT2D eigenvalue weighted by Gasteiger charge is -2.14. The van der Waals surface area contributed by atoms with Crippen molar-refractivity contribution in [2.75, 3.05) is 18.5 Å². The predicted octanol–water partition coefficient (Wildman–Crippen LogP) is 2.21. The molecule has 0 aromatic carbocycles. The van der Waals surface area contributed by atoms with Crippen molar-refractivity contribution in [2.24, 2.45) is 0 Å². The predicted molar refractivity (Wildman–Crippen MR) is 56.8 cm³/mol. The molecule has 1 heterocycles. The number of aromatic nitrogens is 1. The number of hydrogen-bond acceptors (Lipinski definition) is 4. The van der Waals surface area contributed by atoms with Gasteiger partial charge in [0.15, 0.2) is 5.13 Å². The molecule has 1 atom stereocenters. The fourth-order valence-electron chi connectivity index (χ4n) is 1.23. The second-order valence-electron chi connectivity index (χ2n) is 3.39. The van der Waals surface area contributed by atoms with Gasteiger partial charge in [0.2, 0.25) is 0 Å². The topological polar surface area (TPSA) is 36.4 Å². The van der Waals surface area contributed by atoms with Gasteiger partial charge in [-0.15, -0.1) is 0 Å². The van der Waals surface area contributed by atoms with Crippen molar-refractivity contribution >= 4 is 16.5 Å². The fraction of sp³-hybridized carbons (Fsp3) is 0.667. The van der Waals surface area contributed by atoms with Crippen molar-refractivity contribution in [3.05, 3.63) is 10.6 Å². The van der Waals surface area contributed by atoms with Crippen molar-refractivity contribution in [1.29, 1.82) is 0 Å². The maximum atomic E-state index is 12.1. The van der Waals surface area contributed by atoms with Crippen LogP contribution in [0.5, 0.6) is 0 Å². The molecule has 1 N–H and O–H groups in total. The van der Waals surface area contributed by atoms with E-state index in [0.717, 1.165) is 4.88 Å². The van der Waals surface area contributed by atoms with Gasteiger partial charge in [0.05, 0.1) is 23.2 Å². The number of hydrogen-bond donors (Lipinski definition) is 1. The highest BCUT2D eigenvalue weighted by Gasteiger charge is 2.16. The van der Waals surface area contributed by atoms with E-state index in [2.05, 4.69) is 4.98 Å². The van der Waals surface area contributed by atoms with E-state index in [0.29, 0.717) is 10.8 Å². The summed E-state index contributed by atoms with van der Waals surface area (Å²) in [6, 6.07) is 0. The molecular formula is C9H14F2N2OS. The van der Waals surface area contributed by atoms with Gasteiger partial charge in [0, 0.05) is 7.05 Å². The molecule has 6 heteroatoms. The van der Waals surface area contributed by atoms with Gasteiger partial charge in [0.1, 0.15) is 0 Å². The van der Waals surface area contributed by atoms with Crippen molar-refractivity contribution in [1.82, 2.24) is 4.98 Å². The zero-order chi connectivity index (χ0) is 11.6. The third-order valence-electron chi connectivity index (χ3n) is 1.94. The molecule has 0 radical (unpaired) electrons. The lowest BCUT2D eigenvalue weighted by molar-refractivity contribution is 0.156. The van der Waals surface area contributed by atoms with Gasteiger partial charge >= 0.3 is 0 Å². The first-order valence-electron chi connectivity index (χ1n) is 4.56. The molecule has 0 saturated carbocycles. The van der Waals surface area contributed by atoms with Crippen molar-refractivity contribution < 1.29 is 13.9 Å². The van der Waals surface area contributed by atoms with Gasteiger partial charge in [-0.1, -0.05) is 11.3 Å². The third-order valence-corrected chi connectivity index (χ3v) is 3.38. The zero-order valence-corrected chi connectivity index (χ0v) is 9.68. The van der Waals surface area contributed by atoms with Crippen LogP contribution in [0.15, 0.2) is 0 Å². The molecule has 0 amide bonds. The molecule has 0 saturated heterocycles. The molecule has 0 bridgehead atoms. The zero-order valence-electron chi connectivity index (χ0n) is 8.87. The number of rotatable bonds is 4. The molecule has 1 rings (SSSR count). The smallest absolute Gasteiger partial charge is 0.255 e. The summed E-state index contributed by atoms with van der Waals surface area (Å²) in [5, 5.41) is 9.90. The molecule has 1 unspecified atom stereocenters. The second kappa shape index (κ2) is 4.85. The SMILES string of the molecule is Cc1nc(N(C)CC(F)F)sc1C(C)O. The van der Waals surface area contributed by atoms with E-state index >= 15 is 0 Å². The van der Waals surface area contributed by atoms with Crippen LogP contribution in [-0.4, -0.2) is 30.1 Å². The van der Waals surface area contributed by atoms with Gasteiger partial charge in [-0.3, -0.25) is 0 Å². The molecule has 0 spiro atoms. The number of aliphatic hydroxyl groups is 1. The summed E-state index contributed by atoms with van der Waals surface area (Å²) < 4.78 is 24.2. The second-order valence-corrected chi connectivity index (χ2v) is 4.40. The first-order valence-corrected chi connectivity index (χ1v) is 5.38. The van der Waals surface area contributed by atoms with Crippen LogP contribution in [0, 0.1) is 6.92 Å². The first kappa shape index (κ1) is 12.3. The van der Waals surface area contributed by atoms with Crippen LogP contribution in [-0.2, 0) is 0 Å². The van der Waals surface area contributed by atoms with Gasteiger partial charge in [-0.2, -0.15) is 0 Å². The van der Waals surface area contributed by atoms with Crippen LogP contribution < -0.4 is 4.90 Å². The monoisotopic (exact) mass is 236 g/mol. The first-order chi connectivity index (χ1) is 6.91. The van der Waals surface area contributed by atoms with Crippen molar-refractivity contribution in [2.45, 2.75) is 26.4 Å². The number of alkyl halides is 2. The van der Waals surface area contributed by atoms with E-state index in [1.165, 1.54) is 16.2 Å². The number of halogens is 2. The van der Waals surface area contributed by atoms with Crippen LogP contribution in [0.1, 0.15) is 23.6 Å². The molecule has 15 heavy (non-hydrogen) atoms. The number of aryl methyl sites for hydroxylation is 1. The van der Waals surface area contributed by atoms with Gasteiger partial charge in [0.25, 0.3) is 6.43 Å². The summed E-state index contributed by atoms with van der Waals surface area (Å²) in [7, 11) is 1.57. The number of aliphatic hydroxyl groups excluding tert-OH is 1. The Morgan fingerprint density at radius 3 is 2.53 bits per heavy atom. The summed E-state index contributed by atoms with van der Waals surface area (Å²) >= 11 is 1.25. The molecule has 3 nitrogen and oxygen atoms in total. The molecular weight excluding hydrogens is 222 g/mol. The van der Waals surface area contributed by atoms with Crippen LogP contribution in [0.4, 0.5) is 13.9 Å². The Balaban J connectivity index is 2.82.